The average Bonchev–Trinajstić information content (AvgIpc) is 2.21. The molecule has 1 aromatic rings. The van der Waals surface area contributed by atoms with E-state index in [1.807, 2.05) is 18.2 Å². The van der Waals surface area contributed by atoms with Gasteiger partial charge in [-0.1, -0.05) is 18.2 Å². The molecule has 0 aromatic heterocycles. The summed E-state index contributed by atoms with van der Waals surface area (Å²) in [7, 11) is 0. The van der Waals surface area contributed by atoms with Gasteiger partial charge in [0.25, 0.3) is 0 Å². The van der Waals surface area contributed by atoms with Crippen molar-refractivity contribution in [2.75, 3.05) is 12.3 Å². The zero-order valence-electron chi connectivity index (χ0n) is 8.73. The van der Waals surface area contributed by atoms with Crippen LogP contribution >= 0.6 is 0 Å². The number of aliphatic hydroxyl groups is 1. The standard InChI is InChI=1S/C11H16N2O2/c1-8(7-14)13-11(15)6-9-4-2-3-5-10(9)12/h2-5,8,14H,6-7,12H2,1H3,(H,13,15). The molecule has 4 N–H and O–H groups in total. The summed E-state index contributed by atoms with van der Waals surface area (Å²) >= 11 is 0. The van der Waals surface area contributed by atoms with Gasteiger partial charge in [-0.2, -0.15) is 0 Å². The van der Waals surface area contributed by atoms with Crippen LogP contribution in [0.4, 0.5) is 5.69 Å². The monoisotopic (exact) mass is 208 g/mol. The zero-order chi connectivity index (χ0) is 11.3. The molecule has 0 aliphatic rings. The topological polar surface area (TPSA) is 75.3 Å². The van der Waals surface area contributed by atoms with Crippen molar-refractivity contribution in [2.24, 2.45) is 0 Å². The molecule has 82 valence electrons. The summed E-state index contributed by atoms with van der Waals surface area (Å²) in [5, 5.41) is 11.4. The van der Waals surface area contributed by atoms with Gasteiger partial charge in [-0.25, -0.2) is 0 Å². The number of nitrogens with one attached hydrogen (secondary N) is 1. The third kappa shape index (κ3) is 3.59. The molecule has 0 heterocycles. The van der Waals surface area contributed by atoms with Gasteiger partial charge in [0, 0.05) is 11.7 Å². The first-order valence-electron chi connectivity index (χ1n) is 4.87. The Hall–Kier alpha value is -1.55. The van der Waals surface area contributed by atoms with Crippen LogP contribution in [-0.2, 0) is 11.2 Å². The van der Waals surface area contributed by atoms with E-state index in [4.69, 9.17) is 10.8 Å². The Morgan fingerprint density at radius 1 is 1.53 bits per heavy atom. The van der Waals surface area contributed by atoms with E-state index in [0.717, 1.165) is 5.56 Å². The minimum absolute atomic E-state index is 0.0595. The first-order chi connectivity index (χ1) is 7.13. The fraction of sp³-hybridized carbons (Fsp3) is 0.364. The highest BCUT2D eigenvalue weighted by Gasteiger charge is 2.08. The van der Waals surface area contributed by atoms with E-state index in [9.17, 15) is 4.79 Å². The molecule has 15 heavy (non-hydrogen) atoms. The molecular weight excluding hydrogens is 192 g/mol. The highest BCUT2D eigenvalue weighted by atomic mass is 16.3. The highest BCUT2D eigenvalue weighted by Crippen LogP contribution is 2.10. The van der Waals surface area contributed by atoms with Crippen molar-refractivity contribution in [1.82, 2.24) is 5.32 Å². The number of hydrogen-bond donors (Lipinski definition) is 3. The molecule has 4 nitrogen and oxygen atoms in total. The van der Waals surface area contributed by atoms with E-state index in [2.05, 4.69) is 5.32 Å². The number of aliphatic hydroxyl groups excluding tert-OH is 1. The molecule has 1 atom stereocenters. The molecule has 0 saturated carbocycles. The van der Waals surface area contributed by atoms with Crippen LogP contribution in [0.2, 0.25) is 0 Å². The van der Waals surface area contributed by atoms with Gasteiger partial charge in [-0.05, 0) is 18.6 Å². The van der Waals surface area contributed by atoms with Crippen LogP contribution in [0.5, 0.6) is 0 Å². The number of carbonyl (C=O) groups excluding carboxylic acids is 1. The summed E-state index contributed by atoms with van der Waals surface area (Å²) in [5.74, 6) is -0.130. The number of hydrogen-bond acceptors (Lipinski definition) is 3. The summed E-state index contributed by atoms with van der Waals surface area (Å²) in [4.78, 5) is 11.5. The molecule has 1 aromatic carbocycles. The maximum Gasteiger partial charge on any atom is 0.224 e. The molecule has 0 aliphatic carbocycles. The maximum atomic E-state index is 11.5. The van der Waals surface area contributed by atoms with E-state index < -0.39 is 0 Å². The predicted molar refractivity (Wildman–Crippen MR) is 59.2 cm³/mol. The normalized spacial score (nSPS) is 12.1. The first kappa shape index (κ1) is 11.5. The van der Waals surface area contributed by atoms with Crippen molar-refractivity contribution in [3.05, 3.63) is 29.8 Å². The Kier molecular flexibility index (Phi) is 4.12. The van der Waals surface area contributed by atoms with Crippen molar-refractivity contribution in [3.63, 3.8) is 0 Å². The quantitative estimate of drug-likeness (QED) is 0.623. The molecule has 0 radical (unpaired) electrons. The van der Waals surface area contributed by atoms with Crippen LogP contribution in [0.15, 0.2) is 24.3 Å². The summed E-state index contributed by atoms with van der Waals surface area (Å²) in [6, 6.07) is 7.03. The minimum atomic E-state index is -0.220. The molecule has 4 heteroatoms. The lowest BCUT2D eigenvalue weighted by atomic mass is 10.1. The van der Waals surface area contributed by atoms with Crippen molar-refractivity contribution in [1.29, 1.82) is 0 Å². The number of rotatable bonds is 4. The predicted octanol–water partition coefficient (Wildman–Crippen LogP) is 0.308. The molecule has 0 spiro atoms. The van der Waals surface area contributed by atoms with Crippen LogP contribution in [0.3, 0.4) is 0 Å². The highest BCUT2D eigenvalue weighted by molar-refractivity contribution is 5.80. The van der Waals surface area contributed by atoms with E-state index in [1.54, 1.807) is 13.0 Å². The van der Waals surface area contributed by atoms with Crippen LogP contribution in [-0.4, -0.2) is 23.7 Å². The minimum Gasteiger partial charge on any atom is -0.398 e. The van der Waals surface area contributed by atoms with Gasteiger partial charge in [-0.3, -0.25) is 4.79 Å². The molecule has 0 fully saturated rings. The van der Waals surface area contributed by atoms with Gasteiger partial charge in [0.05, 0.1) is 13.0 Å². The number of nitrogen functional groups attached to an aromatic ring is 1. The largest absolute Gasteiger partial charge is 0.398 e. The Bertz CT molecular complexity index is 339. The lowest BCUT2D eigenvalue weighted by Crippen LogP contribution is -2.36. The number of nitrogens with two attached hydrogens (primary N) is 1. The summed E-state index contributed by atoms with van der Waals surface area (Å²) in [6.07, 6.45) is 0.247. The molecule has 0 bridgehead atoms. The Labute approximate surface area is 89.1 Å². The van der Waals surface area contributed by atoms with Gasteiger partial charge >= 0.3 is 0 Å². The first-order valence-corrected chi connectivity index (χ1v) is 4.87. The van der Waals surface area contributed by atoms with Gasteiger partial charge in [0.15, 0.2) is 0 Å². The van der Waals surface area contributed by atoms with Gasteiger partial charge in [0.1, 0.15) is 0 Å². The second-order valence-corrected chi connectivity index (χ2v) is 3.53. The molecule has 1 rings (SSSR count). The average molecular weight is 208 g/mol. The van der Waals surface area contributed by atoms with Gasteiger partial charge < -0.3 is 16.2 Å². The Morgan fingerprint density at radius 2 is 2.20 bits per heavy atom. The SMILES string of the molecule is CC(CO)NC(=O)Cc1ccccc1N. The van der Waals surface area contributed by atoms with Crippen LogP contribution in [0.1, 0.15) is 12.5 Å². The Morgan fingerprint density at radius 3 is 2.80 bits per heavy atom. The molecule has 0 aliphatic heterocycles. The van der Waals surface area contributed by atoms with Gasteiger partial charge in [-0.15, -0.1) is 0 Å². The summed E-state index contributed by atoms with van der Waals surface area (Å²) < 4.78 is 0. The van der Waals surface area contributed by atoms with Crippen LogP contribution in [0, 0.1) is 0 Å². The van der Waals surface area contributed by atoms with E-state index in [0.29, 0.717) is 5.69 Å². The number of benzene rings is 1. The van der Waals surface area contributed by atoms with E-state index in [1.165, 1.54) is 0 Å². The number of para-hydroxylation sites is 1. The Balaban J connectivity index is 2.55. The van der Waals surface area contributed by atoms with Crippen LogP contribution in [0.25, 0.3) is 0 Å². The zero-order valence-corrected chi connectivity index (χ0v) is 8.73. The lowest BCUT2D eigenvalue weighted by Gasteiger charge is -2.11. The third-order valence-electron chi connectivity index (χ3n) is 2.09. The van der Waals surface area contributed by atoms with Gasteiger partial charge in [0.2, 0.25) is 5.91 Å². The van der Waals surface area contributed by atoms with Crippen molar-refractivity contribution in [2.45, 2.75) is 19.4 Å². The summed E-state index contributed by atoms with van der Waals surface area (Å²) in [6.45, 7) is 1.68. The third-order valence-corrected chi connectivity index (χ3v) is 2.09. The molecule has 1 unspecified atom stereocenters. The number of anilines is 1. The van der Waals surface area contributed by atoms with Crippen molar-refractivity contribution in [3.8, 4) is 0 Å². The number of carbonyl (C=O) groups is 1. The van der Waals surface area contributed by atoms with Crippen molar-refractivity contribution >= 4 is 11.6 Å². The van der Waals surface area contributed by atoms with E-state index >= 15 is 0 Å². The number of amides is 1. The fourth-order valence-corrected chi connectivity index (χ4v) is 1.24. The molecular formula is C11H16N2O2. The van der Waals surface area contributed by atoms with E-state index in [-0.39, 0.29) is 25.0 Å². The maximum absolute atomic E-state index is 11.5. The second-order valence-electron chi connectivity index (χ2n) is 3.53. The smallest absolute Gasteiger partial charge is 0.224 e. The summed E-state index contributed by atoms with van der Waals surface area (Å²) in [5.41, 5.74) is 7.12. The fourth-order valence-electron chi connectivity index (χ4n) is 1.24. The molecule has 0 saturated heterocycles. The second kappa shape index (κ2) is 5.36. The lowest BCUT2D eigenvalue weighted by molar-refractivity contribution is -0.121. The van der Waals surface area contributed by atoms with Crippen LogP contribution < -0.4 is 11.1 Å². The van der Waals surface area contributed by atoms with Crippen molar-refractivity contribution < 1.29 is 9.90 Å². The molecule has 1 amide bonds.